The molecule has 5 heteroatoms. The molecule has 0 amide bonds. The predicted octanol–water partition coefficient (Wildman–Crippen LogP) is 3.33. The van der Waals surface area contributed by atoms with Gasteiger partial charge in [0.15, 0.2) is 0 Å². The highest BCUT2D eigenvalue weighted by Gasteiger charge is 2.13. The van der Waals surface area contributed by atoms with E-state index in [0.717, 1.165) is 28.0 Å². The number of thioether (sulfide) groups is 1. The molecule has 0 spiro atoms. The van der Waals surface area contributed by atoms with E-state index in [4.69, 9.17) is 5.84 Å². The molecule has 1 aromatic rings. The molecular formula is C13H24N4S. The zero-order valence-electron chi connectivity index (χ0n) is 11.9. The second-order valence-electron chi connectivity index (χ2n) is 4.98. The molecule has 4 nitrogen and oxygen atoms in total. The lowest BCUT2D eigenvalue weighted by molar-refractivity contribution is 0.636. The molecular weight excluding hydrogens is 244 g/mol. The van der Waals surface area contributed by atoms with Crippen LogP contribution in [0.15, 0.2) is 5.03 Å². The number of hydrogen-bond acceptors (Lipinski definition) is 5. The smallest absolute Gasteiger partial charge is 0.147 e. The van der Waals surface area contributed by atoms with Crippen LogP contribution in [0.25, 0.3) is 0 Å². The Morgan fingerprint density at radius 3 is 2.44 bits per heavy atom. The lowest BCUT2D eigenvalue weighted by atomic mass is 10.2. The van der Waals surface area contributed by atoms with Crippen LogP contribution in [0.1, 0.15) is 51.4 Å². The summed E-state index contributed by atoms with van der Waals surface area (Å²) < 4.78 is 0. The molecule has 18 heavy (non-hydrogen) atoms. The Balaban J connectivity index is 2.97. The topological polar surface area (TPSA) is 63.8 Å². The van der Waals surface area contributed by atoms with E-state index in [9.17, 15) is 0 Å². The molecule has 1 heterocycles. The summed E-state index contributed by atoms with van der Waals surface area (Å²) in [6.45, 7) is 10.7. The minimum absolute atomic E-state index is 0.306. The fourth-order valence-corrected chi connectivity index (χ4v) is 2.54. The van der Waals surface area contributed by atoms with Gasteiger partial charge >= 0.3 is 0 Å². The van der Waals surface area contributed by atoms with E-state index in [-0.39, 0.29) is 0 Å². The third kappa shape index (κ3) is 3.85. The molecule has 0 aliphatic carbocycles. The maximum Gasteiger partial charge on any atom is 0.147 e. The molecule has 0 saturated carbocycles. The highest BCUT2D eigenvalue weighted by molar-refractivity contribution is 7.99. The Bertz CT molecular complexity index is 393. The molecule has 102 valence electrons. The average Bonchev–Trinajstić information content (AvgIpc) is 2.36. The molecule has 3 N–H and O–H groups in total. The third-order valence-corrected chi connectivity index (χ3v) is 4.38. The van der Waals surface area contributed by atoms with E-state index in [1.54, 1.807) is 11.8 Å². The van der Waals surface area contributed by atoms with Gasteiger partial charge in [-0.25, -0.2) is 15.8 Å². The number of nitrogens with two attached hydrogens (primary N) is 1. The fraction of sp³-hybridized carbons (Fsp3) is 0.692. The summed E-state index contributed by atoms with van der Waals surface area (Å²) in [4.78, 5) is 9.08. The van der Waals surface area contributed by atoms with Gasteiger partial charge in [0, 0.05) is 17.2 Å². The van der Waals surface area contributed by atoms with Gasteiger partial charge in [0.2, 0.25) is 0 Å². The van der Waals surface area contributed by atoms with E-state index in [0.29, 0.717) is 11.8 Å². The highest BCUT2D eigenvalue weighted by atomic mass is 32.2. The van der Waals surface area contributed by atoms with Crippen LogP contribution in [0.3, 0.4) is 0 Å². The first kappa shape index (κ1) is 15.2. The van der Waals surface area contributed by atoms with Crippen LogP contribution < -0.4 is 11.3 Å². The molecule has 1 atom stereocenters. The average molecular weight is 268 g/mol. The Kier molecular flexibility index (Phi) is 5.88. The van der Waals surface area contributed by atoms with Gasteiger partial charge in [-0.2, -0.15) is 0 Å². The van der Waals surface area contributed by atoms with Crippen molar-refractivity contribution in [2.45, 2.75) is 52.0 Å². The van der Waals surface area contributed by atoms with E-state index < -0.39 is 0 Å². The van der Waals surface area contributed by atoms with Crippen molar-refractivity contribution in [1.29, 1.82) is 0 Å². The standard InChI is InChI=1S/C13H24N4S/c1-6-9(4)7-18-13-10(5)12(17-14)15-11(16-13)8(2)3/h8-9H,6-7,14H2,1-5H3,(H,15,16,17). The minimum atomic E-state index is 0.306. The predicted molar refractivity (Wildman–Crippen MR) is 78.8 cm³/mol. The summed E-state index contributed by atoms with van der Waals surface area (Å²) >= 11 is 1.79. The Labute approximate surface area is 114 Å². The Morgan fingerprint density at radius 2 is 1.94 bits per heavy atom. The van der Waals surface area contributed by atoms with Crippen molar-refractivity contribution >= 4 is 17.6 Å². The molecule has 0 radical (unpaired) electrons. The van der Waals surface area contributed by atoms with Crippen LogP contribution in [0.5, 0.6) is 0 Å². The van der Waals surface area contributed by atoms with Crippen LogP contribution in [-0.2, 0) is 0 Å². The second-order valence-corrected chi connectivity index (χ2v) is 5.99. The molecule has 1 unspecified atom stereocenters. The largest absolute Gasteiger partial charge is 0.308 e. The van der Waals surface area contributed by atoms with Crippen LogP contribution in [-0.4, -0.2) is 15.7 Å². The zero-order chi connectivity index (χ0) is 13.7. The summed E-state index contributed by atoms with van der Waals surface area (Å²) in [5, 5.41) is 1.04. The van der Waals surface area contributed by atoms with Crippen molar-refractivity contribution in [1.82, 2.24) is 9.97 Å². The first-order valence-electron chi connectivity index (χ1n) is 6.47. The summed E-state index contributed by atoms with van der Waals surface area (Å²) in [7, 11) is 0. The molecule has 1 aromatic heterocycles. The number of nitrogens with one attached hydrogen (secondary N) is 1. The van der Waals surface area contributed by atoms with Crippen LogP contribution in [0, 0.1) is 12.8 Å². The highest BCUT2D eigenvalue weighted by Crippen LogP contribution is 2.28. The second kappa shape index (κ2) is 6.95. The zero-order valence-corrected chi connectivity index (χ0v) is 12.8. The lowest BCUT2D eigenvalue weighted by Crippen LogP contribution is -2.14. The Hall–Kier alpha value is -0.810. The normalized spacial score (nSPS) is 12.8. The minimum Gasteiger partial charge on any atom is -0.308 e. The Morgan fingerprint density at radius 1 is 1.28 bits per heavy atom. The number of nitrogens with zero attached hydrogens (tertiary/aromatic N) is 2. The van der Waals surface area contributed by atoms with E-state index in [2.05, 4.69) is 43.1 Å². The van der Waals surface area contributed by atoms with Crippen LogP contribution in [0.2, 0.25) is 0 Å². The van der Waals surface area contributed by atoms with Gasteiger partial charge in [-0.15, -0.1) is 11.8 Å². The number of hydrogen-bond donors (Lipinski definition) is 2. The van der Waals surface area contributed by atoms with Gasteiger partial charge in [0.25, 0.3) is 0 Å². The summed E-state index contributed by atoms with van der Waals surface area (Å²) in [6, 6.07) is 0. The SMILES string of the molecule is CCC(C)CSc1nc(C(C)C)nc(NN)c1C. The number of aromatic nitrogens is 2. The van der Waals surface area contributed by atoms with Gasteiger partial charge in [0.05, 0.1) is 0 Å². The van der Waals surface area contributed by atoms with E-state index >= 15 is 0 Å². The number of hydrazine groups is 1. The molecule has 0 aromatic carbocycles. The number of nitrogen functional groups attached to an aromatic ring is 1. The van der Waals surface area contributed by atoms with Gasteiger partial charge in [-0.05, 0) is 12.8 Å². The fourth-order valence-electron chi connectivity index (χ4n) is 1.39. The summed E-state index contributed by atoms with van der Waals surface area (Å²) in [5.41, 5.74) is 3.71. The van der Waals surface area contributed by atoms with Crippen molar-refractivity contribution in [3.05, 3.63) is 11.4 Å². The molecule has 1 rings (SSSR count). The summed E-state index contributed by atoms with van der Waals surface area (Å²) in [5.74, 6) is 9.19. The molecule has 0 saturated heterocycles. The maximum absolute atomic E-state index is 5.52. The first-order valence-corrected chi connectivity index (χ1v) is 7.46. The third-order valence-electron chi connectivity index (χ3n) is 2.97. The summed E-state index contributed by atoms with van der Waals surface area (Å²) in [6.07, 6.45) is 1.19. The molecule has 0 aliphatic rings. The van der Waals surface area contributed by atoms with Crippen molar-refractivity contribution in [3.8, 4) is 0 Å². The quantitative estimate of drug-likeness (QED) is 0.358. The molecule has 0 aliphatic heterocycles. The lowest BCUT2D eigenvalue weighted by Gasteiger charge is -2.14. The van der Waals surface area contributed by atoms with Crippen LogP contribution >= 0.6 is 11.8 Å². The van der Waals surface area contributed by atoms with E-state index in [1.807, 2.05) is 6.92 Å². The van der Waals surface area contributed by atoms with Crippen molar-refractivity contribution in [2.75, 3.05) is 11.2 Å². The maximum atomic E-state index is 5.52. The van der Waals surface area contributed by atoms with Gasteiger partial charge in [-0.1, -0.05) is 34.1 Å². The molecule has 0 fully saturated rings. The van der Waals surface area contributed by atoms with Crippen molar-refractivity contribution < 1.29 is 0 Å². The number of rotatable bonds is 6. The first-order chi connectivity index (χ1) is 8.49. The van der Waals surface area contributed by atoms with Crippen LogP contribution in [0.4, 0.5) is 5.82 Å². The van der Waals surface area contributed by atoms with Gasteiger partial charge < -0.3 is 5.43 Å². The van der Waals surface area contributed by atoms with E-state index in [1.165, 1.54) is 6.42 Å². The number of anilines is 1. The van der Waals surface area contributed by atoms with Crippen molar-refractivity contribution in [3.63, 3.8) is 0 Å². The van der Waals surface area contributed by atoms with Gasteiger partial charge in [-0.3, -0.25) is 0 Å². The van der Waals surface area contributed by atoms with Gasteiger partial charge in [0.1, 0.15) is 16.7 Å². The van der Waals surface area contributed by atoms with Crippen molar-refractivity contribution in [2.24, 2.45) is 11.8 Å². The molecule has 0 bridgehead atoms. The monoisotopic (exact) mass is 268 g/mol.